The van der Waals surface area contributed by atoms with Gasteiger partial charge in [-0.1, -0.05) is 19.1 Å². The molecule has 1 saturated heterocycles. The molecule has 1 aliphatic rings. The van der Waals surface area contributed by atoms with Crippen molar-refractivity contribution in [3.05, 3.63) is 48.5 Å². The van der Waals surface area contributed by atoms with Crippen LogP contribution in [0, 0.1) is 5.41 Å². The number of nitrogens with zero attached hydrogens (tertiary/aromatic N) is 1. The highest BCUT2D eigenvalue weighted by molar-refractivity contribution is 7.79. The van der Waals surface area contributed by atoms with Gasteiger partial charge in [-0.15, -0.1) is 0 Å². The predicted octanol–water partition coefficient (Wildman–Crippen LogP) is 3.45. The van der Waals surface area contributed by atoms with Gasteiger partial charge in [-0.2, -0.15) is 0 Å². The molecule has 1 unspecified atom stereocenters. The lowest BCUT2D eigenvalue weighted by atomic mass is 9.81. The maximum absolute atomic E-state index is 10.4. The van der Waals surface area contributed by atoms with Gasteiger partial charge in [0.2, 0.25) is 0 Å². The van der Waals surface area contributed by atoms with Gasteiger partial charge < -0.3 is 24.7 Å². The fraction of sp³-hybridized carbons (Fsp3) is 0.429. The maximum atomic E-state index is 10.4. The van der Waals surface area contributed by atoms with Gasteiger partial charge in [-0.05, 0) is 65.7 Å². The Bertz CT molecular complexity index is 759. The van der Waals surface area contributed by atoms with Gasteiger partial charge >= 0.3 is 0 Å². The molecule has 0 amide bonds. The molecular weight excluding hydrogens is 376 g/mol. The third kappa shape index (κ3) is 6.22. The van der Waals surface area contributed by atoms with Crippen LogP contribution in [-0.4, -0.2) is 42.7 Å². The Morgan fingerprint density at radius 1 is 1.11 bits per heavy atom. The number of nitrogens with two attached hydrogens (primary N) is 1. The minimum Gasteiger partial charge on any atom is -0.768 e. The van der Waals surface area contributed by atoms with Crippen molar-refractivity contribution in [2.75, 3.05) is 44.5 Å². The molecule has 6 nitrogen and oxygen atoms in total. The molecular formula is C21H29N2O4S-. The van der Waals surface area contributed by atoms with E-state index in [1.807, 2.05) is 12.1 Å². The van der Waals surface area contributed by atoms with E-state index in [9.17, 15) is 8.76 Å². The van der Waals surface area contributed by atoms with Crippen LogP contribution in [0.3, 0.4) is 0 Å². The van der Waals surface area contributed by atoms with Crippen LogP contribution in [0.15, 0.2) is 53.4 Å². The monoisotopic (exact) mass is 405 g/mol. The van der Waals surface area contributed by atoms with Gasteiger partial charge in [0.25, 0.3) is 0 Å². The zero-order valence-corrected chi connectivity index (χ0v) is 17.5. The number of anilines is 2. The third-order valence-corrected chi connectivity index (χ3v) is 5.65. The number of methoxy groups -OCH3 is 2. The van der Waals surface area contributed by atoms with Crippen LogP contribution >= 0.6 is 0 Å². The van der Waals surface area contributed by atoms with E-state index in [0.29, 0.717) is 11.2 Å². The highest BCUT2D eigenvalue weighted by Gasteiger charge is 2.30. The lowest BCUT2D eigenvalue weighted by Gasteiger charge is -2.40. The lowest BCUT2D eigenvalue weighted by molar-refractivity contribution is 0.0731. The average Bonchev–Trinajstić information content (AvgIpc) is 2.70. The first-order valence-corrected chi connectivity index (χ1v) is 10.3. The van der Waals surface area contributed by atoms with Crippen LogP contribution in [0.5, 0.6) is 5.75 Å². The summed E-state index contributed by atoms with van der Waals surface area (Å²) < 4.78 is 30.9. The van der Waals surface area contributed by atoms with Gasteiger partial charge in [0.05, 0.1) is 25.1 Å². The van der Waals surface area contributed by atoms with E-state index in [0.717, 1.165) is 38.2 Å². The summed E-state index contributed by atoms with van der Waals surface area (Å²) in [5.74, 6) is 0.652. The number of hydrogen-bond acceptors (Lipinski definition) is 6. The first kappa shape index (κ1) is 22.2. The SMILES string of the molecule is COCC1(C)CCN(c2ccccc2N)CC1.COc1ccc(S(=O)[O-])cc1. The number of piperidine rings is 1. The predicted molar refractivity (Wildman–Crippen MR) is 112 cm³/mol. The summed E-state index contributed by atoms with van der Waals surface area (Å²) in [6, 6.07) is 14.3. The first-order chi connectivity index (χ1) is 13.4. The molecule has 2 aromatic carbocycles. The van der Waals surface area contributed by atoms with Crippen molar-refractivity contribution in [1.82, 2.24) is 0 Å². The smallest absolute Gasteiger partial charge is 0.118 e. The van der Waals surface area contributed by atoms with Crippen molar-refractivity contribution in [2.45, 2.75) is 24.7 Å². The normalized spacial score (nSPS) is 16.6. The summed E-state index contributed by atoms with van der Waals surface area (Å²) >= 11 is -2.14. The lowest BCUT2D eigenvalue weighted by Crippen LogP contribution is -2.41. The van der Waals surface area contributed by atoms with Crippen molar-refractivity contribution >= 4 is 22.5 Å². The molecule has 0 aromatic heterocycles. The first-order valence-electron chi connectivity index (χ1n) is 9.20. The van der Waals surface area contributed by atoms with Crippen molar-refractivity contribution in [3.63, 3.8) is 0 Å². The molecule has 1 heterocycles. The summed E-state index contributed by atoms with van der Waals surface area (Å²) in [5.41, 5.74) is 8.39. The molecule has 0 radical (unpaired) electrons. The van der Waals surface area contributed by atoms with Crippen LogP contribution in [0.25, 0.3) is 0 Å². The molecule has 154 valence electrons. The molecule has 0 saturated carbocycles. The van der Waals surface area contributed by atoms with Gasteiger partial charge in [0.1, 0.15) is 5.75 Å². The Morgan fingerprint density at radius 3 is 2.21 bits per heavy atom. The van der Waals surface area contributed by atoms with Crippen molar-refractivity contribution < 1.29 is 18.2 Å². The number of benzene rings is 2. The summed E-state index contributed by atoms with van der Waals surface area (Å²) in [7, 11) is 3.32. The fourth-order valence-corrected chi connectivity index (χ4v) is 3.60. The Kier molecular flexibility index (Phi) is 8.29. The molecule has 3 rings (SSSR count). The highest BCUT2D eigenvalue weighted by atomic mass is 32.2. The number of ether oxygens (including phenoxy) is 2. The van der Waals surface area contributed by atoms with Crippen LogP contribution in [0.1, 0.15) is 19.8 Å². The van der Waals surface area contributed by atoms with Crippen molar-refractivity contribution in [1.29, 1.82) is 0 Å². The van der Waals surface area contributed by atoms with Crippen LogP contribution < -0.4 is 15.4 Å². The van der Waals surface area contributed by atoms with E-state index in [-0.39, 0.29) is 4.90 Å². The summed E-state index contributed by atoms with van der Waals surface area (Å²) in [4.78, 5) is 2.65. The topological polar surface area (TPSA) is 87.8 Å². The fourth-order valence-electron chi connectivity index (χ4n) is 3.24. The molecule has 2 N–H and O–H groups in total. The van der Waals surface area contributed by atoms with Gasteiger partial charge in [-0.3, -0.25) is 4.21 Å². The molecule has 0 bridgehead atoms. The number of nitrogen functional groups attached to an aromatic ring is 1. The van der Waals surface area contributed by atoms with Crippen molar-refractivity contribution in [3.8, 4) is 5.75 Å². The second-order valence-electron chi connectivity index (χ2n) is 7.20. The third-order valence-electron chi connectivity index (χ3n) is 4.99. The van der Waals surface area contributed by atoms with Crippen LogP contribution in [0.2, 0.25) is 0 Å². The van der Waals surface area contributed by atoms with E-state index >= 15 is 0 Å². The van der Waals surface area contributed by atoms with Crippen molar-refractivity contribution in [2.24, 2.45) is 5.41 Å². The summed E-state index contributed by atoms with van der Waals surface area (Å²) in [5, 5.41) is 0. The van der Waals surface area contributed by atoms with E-state index < -0.39 is 11.1 Å². The quantitative estimate of drug-likeness (QED) is 0.605. The second-order valence-corrected chi connectivity index (χ2v) is 8.14. The zero-order valence-electron chi connectivity index (χ0n) is 16.7. The average molecular weight is 406 g/mol. The van der Waals surface area contributed by atoms with Gasteiger partial charge in [0.15, 0.2) is 0 Å². The molecule has 0 aliphatic carbocycles. The Labute approximate surface area is 169 Å². The van der Waals surface area contributed by atoms with E-state index in [4.69, 9.17) is 15.2 Å². The van der Waals surface area contributed by atoms with Crippen LogP contribution in [-0.2, 0) is 15.8 Å². The number of para-hydroxylation sites is 2. The van der Waals surface area contributed by atoms with Crippen LogP contribution in [0.4, 0.5) is 11.4 Å². The summed E-state index contributed by atoms with van der Waals surface area (Å²) in [6.45, 7) is 5.29. The number of rotatable bonds is 5. The molecule has 1 atom stereocenters. The zero-order chi connectivity index (χ0) is 20.6. The molecule has 1 fully saturated rings. The molecule has 0 spiro atoms. The van der Waals surface area contributed by atoms with E-state index in [1.165, 1.54) is 24.9 Å². The molecule has 7 heteroatoms. The van der Waals surface area contributed by atoms with E-state index in [1.54, 1.807) is 19.2 Å². The largest absolute Gasteiger partial charge is 0.768 e. The molecule has 2 aromatic rings. The maximum Gasteiger partial charge on any atom is 0.118 e. The highest BCUT2D eigenvalue weighted by Crippen LogP contribution is 2.34. The minimum atomic E-state index is -2.14. The Balaban J connectivity index is 0.000000221. The Hall–Kier alpha value is -2.09. The minimum absolute atomic E-state index is 0.269. The summed E-state index contributed by atoms with van der Waals surface area (Å²) in [6.07, 6.45) is 2.32. The standard InChI is InChI=1S/C14H22N2O.C7H8O3S/c1-14(11-17-2)7-9-16(10-8-14)13-6-4-3-5-12(13)15;1-10-6-2-4-7(5-3-6)11(8)9/h3-6H,7-11,15H2,1-2H3;2-5H,1H3,(H,8,9)/p-1. The van der Waals surface area contributed by atoms with Gasteiger partial charge in [-0.25, -0.2) is 0 Å². The molecule has 28 heavy (non-hydrogen) atoms. The molecule has 1 aliphatic heterocycles. The Morgan fingerprint density at radius 2 is 1.71 bits per heavy atom. The van der Waals surface area contributed by atoms with E-state index in [2.05, 4.69) is 24.0 Å². The number of hydrogen-bond donors (Lipinski definition) is 1. The second kappa shape index (κ2) is 10.5. The van der Waals surface area contributed by atoms with Gasteiger partial charge in [0, 0.05) is 25.1 Å².